The summed E-state index contributed by atoms with van der Waals surface area (Å²) in [6.07, 6.45) is 0. The van der Waals surface area contributed by atoms with E-state index in [1.54, 1.807) is 6.07 Å². The quantitative estimate of drug-likeness (QED) is 0.685. The number of rotatable bonds is 3. The van der Waals surface area contributed by atoms with Gasteiger partial charge in [0.1, 0.15) is 17.2 Å². The van der Waals surface area contributed by atoms with Crippen molar-refractivity contribution in [1.82, 2.24) is 4.98 Å². The Kier molecular flexibility index (Phi) is 3.80. The molecular weight excluding hydrogens is 273 g/mol. The fourth-order valence-electron chi connectivity index (χ4n) is 2.24. The number of fused-ring (bicyclic) bond motifs is 1. The van der Waals surface area contributed by atoms with Crippen LogP contribution in [0.5, 0.6) is 0 Å². The Morgan fingerprint density at radius 1 is 1.38 bits per heavy atom. The summed E-state index contributed by atoms with van der Waals surface area (Å²) in [7, 11) is 0. The lowest BCUT2D eigenvalue weighted by atomic mass is 9.86. The minimum atomic E-state index is -0.560. The number of aromatic nitrogens is 1. The molecule has 0 saturated heterocycles. The Labute approximate surface area is 122 Å². The molecule has 2 rings (SSSR count). The smallest absolute Gasteiger partial charge is 0.278 e. The number of benzene rings is 1. The largest absolute Gasteiger partial charge is 0.370 e. The summed E-state index contributed by atoms with van der Waals surface area (Å²) in [5.41, 5.74) is 0.449. The minimum absolute atomic E-state index is 0.0214. The van der Waals surface area contributed by atoms with Crippen LogP contribution in [0, 0.1) is 15.9 Å². The molecule has 6 heteroatoms. The monoisotopic (exact) mass is 291 g/mol. The first-order valence-electron chi connectivity index (χ1n) is 6.77. The molecule has 0 bridgehead atoms. The Hall–Kier alpha value is -2.24. The molecule has 5 nitrogen and oxygen atoms in total. The SMILES string of the molecule is CCNc1nc2c(F)ccc([N+](=O)[O-])c2cc1C(C)(C)C. The van der Waals surface area contributed by atoms with Crippen LogP contribution in [0.15, 0.2) is 18.2 Å². The number of hydrogen-bond acceptors (Lipinski definition) is 4. The summed E-state index contributed by atoms with van der Waals surface area (Å²) in [5, 5.41) is 14.5. The first kappa shape index (κ1) is 15.2. The number of nitro groups is 1. The average Bonchev–Trinajstić information content (AvgIpc) is 2.38. The van der Waals surface area contributed by atoms with Gasteiger partial charge >= 0.3 is 0 Å². The predicted octanol–water partition coefficient (Wildman–Crippen LogP) is 4.01. The predicted molar refractivity (Wildman–Crippen MR) is 81.2 cm³/mol. The van der Waals surface area contributed by atoms with Crippen LogP contribution in [0.25, 0.3) is 10.9 Å². The number of halogens is 1. The summed E-state index contributed by atoms with van der Waals surface area (Å²) in [4.78, 5) is 14.9. The lowest BCUT2D eigenvalue weighted by Crippen LogP contribution is -2.16. The normalized spacial score (nSPS) is 11.7. The van der Waals surface area contributed by atoms with E-state index in [9.17, 15) is 14.5 Å². The molecule has 1 aromatic heterocycles. The van der Waals surface area contributed by atoms with Gasteiger partial charge < -0.3 is 5.32 Å². The number of non-ortho nitro benzene ring substituents is 1. The zero-order chi connectivity index (χ0) is 15.8. The van der Waals surface area contributed by atoms with E-state index in [4.69, 9.17) is 0 Å². The van der Waals surface area contributed by atoms with E-state index in [2.05, 4.69) is 10.3 Å². The molecule has 0 aliphatic heterocycles. The first-order valence-corrected chi connectivity index (χ1v) is 6.77. The second-order valence-electron chi connectivity index (χ2n) is 5.88. The van der Waals surface area contributed by atoms with Crippen LogP contribution in [0.1, 0.15) is 33.3 Å². The second-order valence-corrected chi connectivity index (χ2v) is 5.88. The molecule has 0 aliphatic rings. The number of hydrogen-bond donors (Lipinski definition) is 1. The first-order chi connectivity index (χ1) is 9.75. The molecule has 0 saturated carbocycles. The zero-order valence-electron chi connectivity index (χ0n) is 12.5. The van der Waals surface area contributed by atoms with Gasteiger partial charge in [0.2, 0.25) is 0 Å². The highest BCUT2D eigenvalue weighted by atomic mass is 19.1. The van der Waals surface area contributed by atoms with E-state index in [-0.39, 0.29) is 22.0 Å². The molecular formula is C15H18FN3O2. The molecule has 112 valence electrons. The van der Waals surface area contributed by atoms with Gasteiger partial charge in [0.25, 0.3) is 5.69 Å². The van der Waals surface area contributed by atoms with Gasteiger partial charge in [0.05, 0.1) is 10.3 Å². The maximum absolute atomic E-state index is 14.0. The Bertz CT molecular complexity index is 708. The number of pyridine rings is 1. The van der Waals surface area contributed by atoms with Crippen LogP contribution in [-0.2, 0) is 5.41 Å². The van der Waals surface area contributed by atoms with Crippen molar-refractivity contribution < 1.29 is 9.31 Å². The number of nitro benzene ring substituents is 1. The summed E-state index contributed by atoms with van der Waals surface area (Å²) >= 11 is 0. The van der Waals surface area contributed by atoms with Crippen molar-refractivity contribution in [2.75, 3.05) is 11.9 Å². The van der Waals surface area contributed by atoms with Gasteiger partial charge in [-0.3, -0.25) is 10.1 Å². The highest BCUT2D eigenvalue weighted by molar-refractivity contribution is 5.90. The molecule has 0 radical (unpaired) electrons. The molecule has 0 spiro atoms. The summed E-state index contributed by atoms with van der Waals surface area (Å²) in [5.74, 6) is 0.00658. The zero-order valence-corrected chi connectivity index (χ0v) is 12.5. The highest BCUT2D eigenvalue weighted by Crippen LogP contribution is 2.35. The maximum atomic E-state index is 14.0. The van der Waals surface area contributed by atoms with Crippen molar-refractivity contribution in [2.45, 2.75) is 33.1 Å². The van der Waals surface area contributed by atoms with E-state index in [0.717, 1.165) is 11.6 Å². The van der Waals surface area contributed by atoms with Crippen molar-refractivity contribution in [1.29, 1.82) is 0 Å². The van der Waals surface area contributed by atoms with E-state index < -0.39 is 10.7 Å². The van der Waals surface area contributed by atoms with Crippen LogP contribution in [-0.4, -0.2) is 16.5 Å². The molecule has 0 unspecified atom stereocenters. The van der Waals surface area contributed by atoms with Crippen LogP contribution in [0.4, 0.5) is 15.9 Å². The van der Waals surface area contributed by atoms with Gasteiger partial charge in [-0.15, -0.1) is 0 Å². The molecule has 0 aliphatic carbocycles. The van der Waals surface area contributed by atoms with Crippen molar-refractivity contribution in [3.63, 3.8) is 0 Å². The van der Waals surface area contributed by atoms with Gasteiger partial charge in [0, 0.05) is 18.2 Å². The van der Waals surface area contributed by atoms with Crippen LogP contribution in [0.2, 0.25) is 0 Å². The topological polar surface area (TPSA) is 68.1 Å². The molecule has 1 N–H and O–H groups in total. The number of nitrogens with zero attached hydrogens (tertiary/aromatic N) is 2. The van der Waals surface area contributed by atoms with Crippen molar-refractivity contribution >= 4 is 22.4 Å². The van der Waals surface area contributed by atoms with Gasteiger partial charge in [-0.2, -0.15) is 0 Å². The van der Waals surface area contributed by atoms with E-state index in [1.165, 1.54) is 6.07 Å². The maximum Gasteiger partial charge on any atom is 0.278 e. The van der Waals surface area contributed by atoms with Crippen molar-refractivity contribution in [2.24, 2.45) is 0 Å². The third-order valence-electron chi connectivity index (χ3n) is 3.26. The standard InChI is InChI=1S/C15H18FN3O2/c1-5-17-14-10(15(2,3)4)8-9-12(19(20)21)7-6-11(16)13(9)18-14/h6-8H,5H2,1-4H3,(H,17,18). The molecule has 0 atom stereocenters. The Morgan fingerprint density at radius 2 is 2.05 bits per heavy atom. The van der Waals surface area contributed by atoms with Crippen LogP contribution >= 0.6 is 0 Å². The highest BCUT2D eigenvalue weighted by Gasteiger charge is 2.24. The van der Waals surface area contributed by atoms with E-state index in [0.29, 0.717) is 12.4 Å². The van der Waals surface area contributed by atoms with Crippen LogP contribution in [0.3, 0.4) is 0 Å². The third-order valence-corrected chi connectivity index (χ3v) is 3.26. The number of nitrogens with one attached hydrogen (secondary N) is 1. The fourth-order valence-corrected chi connectivity index (χ4v) is 2.24. The second kappa shape index (κ2) is 5.27. The fraction of sp³-hybridized carbons (Fsp3) is 0.400. The van der Waals surface area contributed by atoms with Crippen LogP contribution < -0.4 is 5.32 Å². The van der Waals surface area contributed by atoms with Gasteiger partial charge in [-0.1, -0.05) is 20.8 Å². The molecule has 0 amide bonds. The van der Waals surface area contributed by atoms with Gasteiger partial charge in [-0.25, -0.2) is 9.37 Å². The molecule has 1 aromatic carbocycles. The van der Waals surface area contributed by atoms with Crippen molar-refractivity contribution in [3.8, 4) is 0 Å². The molecule has 1 heterocycles. The summed E-state index contributed by atoms with van der Waals surface area (Å²) in [6, 6.07) is 3.93. The number of anilines is 1. The Morgan fingerprint density at radius 3 is 2.57 bits per heavy atom. The van der Waals surface area contributed by atoms with E-state index in [1.807, 2.05) is 27.7 Å². The minimum Gasteiger partial charge on any atom is -0.370 e. The third kappa shape index (κ3) is 2.79. The molecule has 2 aromatic rings. The molecule has 21 heavy (non-hydrogen) atoms. The summed E-state index contributed by atoms with van der Waals surface area (Å²) in [6.45, 7) is 8.52. The molecule has 0 fully saturated rings. The lowest BCUT2D eigenvalue weighted by Gasteiger charge is -2.23. The average molecular weight is 291 g/mol. The van der Waals surface area contributed by atoms with E-state index >= 15 is 0 Å². The summed E-state index contributed by atoms with van der Waals surface area (Å²) < 4.78 is 14.0. The lowest BCUT2D eigenvalue weighted by molar-refractivity contribution is -0.383. The Balaban J connectivity index is 2.87. The van der Waals surface area contributed by atoms with Gasteiger partial charge in [0.15, 0.2) is 0 Å². The van der Waals surface area contributed by atoms with Crippen molar-refractivity contribution in [3.05, 3.63) is 39.7 Å². The van der Waals surface area contributed by atoms with Gasteiger partial charge in [-0.05, 0) is 24.5 Å².